The van der Waals surface area contributed by atoms with Crippen molar-refractivity contribution in [3.05, 3.63) is 35.9 Å². The molecule has 3 unspecified atom stereocenters. The second-order valence-electron chi connectivity index (χ2n) is 6.72. The molecule has 0 saturated carbocycles. The van der Waals surface area contributed by atoms with Crippen molar-refractivity contribution in [3.8, 4) is 0 Å². The van der Waals surface area contributed by atoms with Crippen molar-refractivity contribution < 1.29 is 34.2 Å². The Labute approximate surface area is 178 Å². The number of benzene rings is 1. The molecule has 12 nitrogen and oxygen atoms in total. The van der Waals surface area contributed by atoms with Crippen molar-refractivity contribution in [1.82, 2.24) is 16.0 Å². The molecule has 0 saturated heterocycles. The van der Waals surface area contributed by atoms with Gasteiger partial charge in [-0.15, -0.1) is 0 Å². The summed E-state index contributed by atoms with van der Waals surface area (Å²) in [7, 11) is 0. The summed E-state index contributed by atoms with van der Waals surface area (Å²) >= 11 is 0. The predicted octanol–water partition coefficient (Wildman–Crippen LogP) is -3.02. The molecular formula is C19H27N5O7. The van der Waals surface area contributed by atoms with Crippen LogP contribution in [0.1, 0.15) is 18.4 Å². The van der Waals surface area contributed by atoms with Gasteiger partial charge in [0, 0.05) is 12.8 Å². The van der Waals surface area contributed by atoms with Gasteiger partial charge in [-0.2, -0.15) is 0 Å². The minimum absolute atomic E-state index is 0.0478. The number of rotatable bonds is 13. The molecule has 9 N–H and O–H groups in total. The van der Waals surface area contributed by atoms with E-state index in [0.717, 1.165) is 0 Å². The maximum Gasteiger partial charge on any atom is 0.326 e. The molecule has 1 rings (SSSR count). The lowest BCUT2D eigenvalue weighted by atomic mass is 10.1. The van der Waals surface area contributed by atoms with Crippen LogP contribution in [0.3, 0.4) is 0 Å². The molecule has 12 heteroatoms. The number of carboxylic acids is 1. The fourth-order valence-electron chi connectivity index (χ4n) is 2.50. The topological polar surface area (TPSA) is 214 Å². The van der Waals surface area contributed by atoms with Gasteiger partial charge in [-0.25, -0.2) is 4.79 Å². The van der Waals surface area contributed by atoms with Crippen LogP contribution in [0.2, 0.25) is 0 Å². The number of carboxylic acid groups (broad SMARTS) is 1. The zero-order valence-corrected chi connectivity index (χ0v) is 16.7. The third-order valence-electron chi connectivity index (χ3n) is 4.18. The SMILES string of the molecule is NC(=O)CCC(NC(=O)C(N)CO)C(=O)NCC(=O)NC(Cc1ccccc1)C(=O)O. The Balaban J connectivity index is 2.66. The summed E-state index contributed by atoms with van der Waals surface area (Å²) in [6, 6.07) is 4.96. The average molecular weight is 437 g/mol. The molecule has 0 aromatic heterocycles. The zero-order chi connectivity index (χ0) is 23.4. The molecule has 4 amide bonds. The van der Waals surface area contributed by atoms with Crippen LogP contribution < -0.4 is 27.4 Å². The van der Waals surface area contributed by atoms with E-state index in [9.17, 15) is 29.1 Å². The first-order valence-electron chi connectivity index (χ1n) is 9.43. The largest absolute Gasteiger partial charge is 0.480 e. The third kappa shape index (κ3) is 9.69. The lowest BCUT2D eigenvalue weighted by molar-refractivity contribution is -0.141. The van der Waals surface area contributed by atoms with Crippen LogP contribution in [0.4, 0.5) is 0 Å². The number of aliphatic hydroxyl groups excluding tert-OH is 1. The Hall–Kier alpha value is -3.51. The van der Waals surface area contributed by atoms with Crippen LogP contribution in [0, 0.1) is 0 Å². The zero-order valence-electron chi connectivity index (χ0n) is 16.7. The van der Waals surface area contributed by atoms with Crippen molar-refractivity contribution in [2.24, 2.45) is 11.5 Å². The highest BCUT2D eigenvalue weighted by Gasteiger charge is 2.25. The second-order valence-corrected chi connectivity index (χ2v) is 6.72. The summed E-state index contributed by atoms with van der Waals surface area (Å²) in [6.45, 7) is -1.22. The number of carbonyl (C=O) groups excluding carboxylic acids is 4. The molecular weight excluding hydrogens is 410 g/mol. The first-order chi connectivity index (χ1) is 14.6. The summed E-state index contributed by atoms with van der Waals surface area (Å²) < 4.78 is 0. The minimum Gasteiger partial charge on any atom is -0.480 e. The Kier molecular flexibility index (Phi) is 10.6. The second kappa shape index (κ2) is 12.9. The molecule has 0 spiro atoms. The number of hydrogen-bond acceptors (Lipinski definition) is 7. The van der Waals surface area contributed by atoms with Crippen LogP contribution in [0.5, 0.6) is 0 Å². The van der Waals surface area contributed by atoms with Crippen LogP contribution in [-0.2, 0) is 30.4 Å². The smallest absolute Gasteiger partial charge is 0.326 e. The van der Waals surface area contributed by atoms with Gasteiger partial charge in [0.1, 0.15) is 18.1 Å². The van der Waals surface area contributed by atoms with Crippen molar-refractivity contribution in [2.45, 2.75) is 37.4 Å². The molecule has 0 aliphatic heterocycles. The van der Waals surface area contributed by atoms with Gasteiger partial charge < -0.3 is 37.6 Å². The summed E-state index contributed by atoms with van der Waals surface area (Å²) in [6.07, 6.45) is -0.332. The first kappa shape index (κ1) is 25.5. The Morgan fingerprint density at radius 1 is 0.968 bits per heavy atom. The number of amides is 4. The van der Waals surface area contributed by atoms with E-state index in [1.165, 1.54) is 0 Å². The number of carbonyl (C=O) groups is 5. The number of nitrogens with one attached hydrogen (secondary N) is 3. The van der Waals surface area contributed by atoms with Gasteiger partial charge in [-0.3, -0.25) is 19.2 Å². The fourth-order valence-corrected chi connectivity index (χ4v) is 2.50. The van der Waals surface area contributed by atoms with Crippen LogP contribution in [0.15, 0.2) is 30.3 Å². The molecule has 0 aliphatic carbocycles. The molecule has 170 valence electrons. The molecule has 1 aromatic rings. The van der Waals surface area contributed by atoms with Crippen LogP contribution in [-0.4, -0.2) is 71.1 Å². The number of primary amides is 1. The van der Waals surface area contributed by atoms with Crippen molar-refractivity contribution in [1.29, 1.82) is 0 Å². The van der Waals surface area contributed by atoms with E-state index >= 15 is 0 Å². The van der Waals surface area contributed by atoms with Gasteiger partial charge in [0.05, 0.1) is 13.2 Å². The molecule has 0 heterocycles. The summed E-state index contributed by atoms with van der Waals surface area (Å²) in [5.74, 6) is -4.34. The van der Waals surface area contributed by atoms with Gasteiger partial charge in [0.25, 0.3) is 0 Å². The molecule has 1 aromatic carbocycles. The maximum absolute atomic E-state index is 12.3. The summed E-state index contributed by atoms with van der Waals surface area (Å²) in [5.41, 5.74) is 11.1. The Bertz CT molecular complexity index is 787. The van der Waals surface area contributed by atoms with E-state index in [4.69, 9.17) is 16.6 Å². The van der Waals surface area contributed by atoms with Crippen LogP contribution in [0.25, 0.3) is 0 Å². The third-order valence-corrected chi connectivity index (χ3v) is 4.18. The lowest BCUT2D eigenvalue weighted by Crippen LogP contribution is -2.54. The summed E-state index contributed by atoms with van der Waals surface area (Å²) in [4.78, 5) is 58.7. The van der Waals surface area contributed by atoms with E-state index in [0.29, 0.717) is 5.56 Å². The van der Waals surface area contributed by atoms with Gasteiger partial charge in [0.15, 0.2) is 0 Å². The van der Waals surface area contributed by atoms with Crippen LogP contribution >= 0.6 is 0 Å². The molecule has 0 fully saturated rings. The van der Waals surface area contributed by atoms with Crippen molar-refractivity contribution >= 4 is 29.6 Å². The highest BCUT2D eigenvalue weighted by molar-refractivity contribution is 5.93. The van der Waals surface area contributed by atoms with Crippen molar-refractivity contribution in [3.63, 3.8) is 0 Å². The van der Waals surface area contributed by atoms with Crippen molar-refractivity contribution in [2.75, 3.05) is 13.2 Å². The molecule has 0 bridgehead atoms. The molecule has 31 heavy (non-hydrogen) atoms. The lowest BCUT2D eigenvalue weighted by Gasteiger charge is -2.20. The Morgan fingerprint density at radius 3 is 2.16 bits per heavy atom. The van der Waals surface area contributed by atoms with E-state index in [2.05, 4.69) is 16.0 Å². The standard InChI is InChI=1S/C19H27N5O7/c20-12(10-25)17(28)24-13(6-7-15(21)26)18(29)22-9-16(27)23-14(19(30)31)8-11-4-2-1-3-5-11/h1-5,12-14,25H,6-10,20H2,(H2,21,26)(H,22,29)(H,23,27)(H,24,28)(H,30,31). The monoisotopic (exact) mass is 437 g/mol. The van der Waals surface area contributed by atoms with E-state index < -0.39 is 60.9 Å². The molecule has 0 aliphatic rings. The maximum atomic E-state index is 12.3. The number of aliphatic carboxylic acids is 1. The highest BCUT2D eigenvalue weighted by Crippen LogP contribution is 2.03. The quantitative estimate of drug-likeness (QED) is 0.168. The van der Waals surface area contributed by atoms with Gasteiger partial charge in [-0.1, -0.05) is 30.3 Å². The van der Waals surface area contributed by atoms with Gasteiger partial charge in [-0.05, 0) is 12.0 Å². The Morgan fingerprint density at radius 2 is 1.61 bits per heavy atom. The summed E-state index contributed by atoms with van der Waals surface area (Å²) in [5, 5.41) is 25.1. The fraction of sp³-hybridized carbons (Fsp3) is 0.421. The van der Waals surface area contributed by atoms with Gasteiger partial charge in [0.2, 0.25) is 23.6 Å². The number of aliphatic hydroxyl groups is 1. The first-order valence-corrected chi connectivity index (χ1v) is 9.43. The average Bonchev–Trinajstić information content (AvgIpc) is 2.74. The van der Waals surface area contributed by atoms with E-state index in [1.807, 2.05) is 0 Å². The predicted molar refractivity (Wildman–Crippen MR) is 108 cm³/mol. The number of hydrogen-bond donors (Lipinski definition) is 7. The number of nitrogens with two attached hydrogens (primary N) is 2. The van der Waals surface area contributed by atoms with Gasteiger partial charge >= 0.3 is 5.97 Å². The van der Waals surface area contributed by atoms with E-state index in [-0.39, 0.29) is 19.3 Å². The molecule has 0 radical (unpaired) electrons. The highest BCUT2D eigenvalue weighted by atomic mass is 16.4. The minimum atomic E-state index is -1.28. The normalized spacial score (nSPS) is 13.4. The molecule has 3 atom stereocenters. The van der Waals surface area contributed by atoms with E-state index in [1.54, 1.807) is 30.3 Å².